The van der Waals surface area contributed by atoms with Crippen molar-refractivity contribution in [2.75, 3.05) is 0 Å². The van der Waals surface area contributed by atoms with E-state index in [0.29, 0.717) is 24.3 Å². The van der Waals surface area contributed by atoms with Crippen molar-refractivity contribution in [2.24, 2.45) is 0 Å². The highest BCUT2D eigenvalue weighted by Crippen LogP contribution is 2.25. The molecule has 0 atom stereocenters. The first-order valence-corrected chi connectivity index (χ1v) is 11.2. The monoisotopic (exact) mass is 410 g/mol. The molecule has 0 N–H and O–H groups in total. The lowest BCUT2D eigenvalue weighted by atomic mass is 10.1. The first-order valence-electron chi connectivity index (χ1n) is 11.2. The number of unbranched alkanes of at least 4 members (excludes halogenated alkanes) is 6. The van der Waals surface area contributed by atoms with E-state index in [1.54, 1.807) is 0 Å². The first-order chi connectivity index (χ1) is 14.6. The third-order valence-electron chi connectivity index (χ3n) is 4.97. The van der Waals surface area contributed by atoms with E-state index in [2.05, 4.69) is 13.8 Å². The van der Waals surface area contributed by atoms with Crippen LogP contribution in [0.4, 0.5) is 0 Å². The van der Waals surface area contributed by atoms with Crippen molar-refractivity contribution in [3.8, 4) is 22.6 Å². The van der Waals surface area contributed by atoms with Crippen LogP contribution < -0.4 is 9.47 Å². The molecule has 4 nitrogen and oxygen atoms in total. The number of benzene rings is 2. The summed E-state index contributed by atoms with van der Waals surface area (Å²) in [7, 11) is 0. The highest BCUT2D eigenvalue weighted by molar-refractivity contribution is 5.74. The van der Waals surface area contributed by atoms with Gasteiger partial charge < -0.3 is 9.47 Å². The molecule has 30 heavy (non-hydrogen) atoms. The molecule has 0 bridgehead atoms. The Bertz CT molecular complexity index is 695. The van der Waals surface area contributed by atoms with Crippen LogP contribution in [0.2, 0.25) is 0 Å². The Morgan fingerprint density at radius 1 is 0.567 bits per heavy atom. The van der Waals surface area contributed by atoms with Gasteiger partial charge in [0.15, 0.2) is 0 Å². The molecular formula is C26H34O4. The van der Waals surface area contributed by atoms with E-state index in [9.17, 15) is 9.59 Å². The van der Waals surface area contributed by atoms with E-state index in [1.807, 2.05) is 48.5 Å². The Morgan fingerprint density at radius 2 is 0.933 bits per heavy atom. The maximum atomic E-state index is 11.9. The Kier molecular flexibility index (Phi) is 10.7. The van der Waals surface area contributed by atoms with Crippen molar-refractivity contribution >= 4 is 11.9 Å². The van der Waals surface area contributed by atoms with Gasteiger partial charge >= 0.3 is 11.9 Å². The lowest BCUT2D eigenvalue weighted by molar-refractivity contribution is -0.135. The maximum absolute atomic E-state index is 11.9. The van der Waals surface area contributed by atoms with E-state index >= 15 is 0 Å². The van der Waals surface area contributed by atoms with Gasteiger partial charge in [0, 0.05) is 12.8 Å². The quantitative estimate of drug-likeness (QED) is 0.201. The molecule has 0 fully saturated rings. The molecule has 2 aromatic rings. The Balaban J connectivity index is 1.82. The summed E-state index contributed by atoms with van der Waals surface area (Å²) in [6, 6.07) is 14.9. The molecule has 2 rings (SSSR count). The molecule has 0 heterocycles. The fourth-order valence-corrected chi connectivity index (χ4v) is 3.19. The maximum Gasteiger partial charge on any atom is 0.311 e. The SMILES string of the molecule is CCCCCCC(=O)Oc1ccc(-c2ccc(OC(=O)CCCCCC)cc2)cc1. The van der Waals surface area contributed by atoms with Crippen LogP contribution in [0, 0.1) is 0 Å². The predicted octanol–water partition coefficient (Wildman–Crippen LogP) is 7.11. The Hall–Kier alpha value is -2.62. The third-order valence-corrected chi connectivity index (χ3v) is 4.97. The number of ether oxygens (including phenoxy) is 2. The number of rotatable bonds is 13. The molecular weight excluding hydrogens is 376 g/mol. The summed E-state index contributed by atoms with van der Waals surface area (Å²) in [5, 5.41) is 0. The summed E-state index contributed by atoms with van der Waals surface area (Å²) in [5.74, 6) is 0.764. The standard InChI is InChI=1S/C26H34O4/c1-3-5-7-9-11-25(27)29-23-17-13-21(14-18-23)22-15-19-24(20-16-22)30-26(28)12-10-8-6-4-2/h13-20H,3-12H2,1-2H3. The number of carbonyl (C=O) groups excluding carboxylic acids is 2. The van der Waals surface area contributed by atoms with E-state index < -0.39 is 0 Å². The molecule has 0 spiro atoms. The minimum absolute atomic E-state index is 0.181. The topological polar surface area (TPSA) is 52.6 Å². The highest BCUT2D eigenvalue weighted by Gasteiger charge is 2.07. The average Bonchev–Trinajstić information content (AvgIpc) is 2.75. The van der Waals surface area contributed by atoms with E-state index in [-0.39, 0.29) is 11.9 Å². The van der Waals surface area contributed by atoms with Crippen LogP contribution >= 0.6 is 0 Å². The normalized spacial score (nSPS) is 10.6. The van der Waals surface area contributed by atoms with Gasteiger partial charge in [0.1, 0.15) is 11.5 Å². The zero-order valence-corrected chi connectivity index (χ0v) is 18.3. The zero-order valence-electron chi connectivity index (χ0n) is 18.3. The van der Waals surface area contributed by atoms with Crippen molar-refractivity contribution < 1.29 is 19.1 Å². The van der Waals surface area contributed by atoms with Crippen LogP contribution in [-0.4, -0.2) is 11.9 Å². The van der Waals surface area contributed by atoms with Gasteiger partial charge in [-0.05, 0) is 48.2 Å². The molecule has 2 aromatic carbocycles. The number of carbonyl (C=O) groups is 2. The number of esters is 2. The first kappa shape index (κ1) is 23.7. The van der Waals surface area contributed by atoms with E-state index in [0.717, 1.165) is 62.5 Å². The molecule has 0 unspecified atom stereocenters. The molecule has 0 saturated carbocycles. The van der Waals surface area contributed by atoms with Crippen LogP contribution in [0.25, 0.3) is 11.1 Å². The molecule has 0 aliphatic rings. The van der Waals surface area contributed by atoms with Gasteiger partial charge in [0.2, 0.25) is 0 Å². The molecule has 0 saturated heterocycles. The largest absolute Gasteiger partial charge is 0.427 e. The molecule has 0 aliphatic carbocycles. The molecule has 0 radical (unpaired) electrons. The fraction of sp³-hybridized carbons (Fsp3) is 0.462. The molecule has 0 aromatic heterocycles. The number of hydrogen-bond donors (Lipinski definition) is 0. The van der Waals surface area contributed by atoms with E-state index in [4.69, 9.17) is 9.47 Å². The summed E-state index contributed by atoms with van der Waals surface area (Å²) >= 11 is 0. The zero-order chi connectivity index (χ0) is 21.6. The summed E-state index contributed by atoms with van der Waals surface area (Å²) < 4.78 is 10.8. The lowest BCUT2D eigenvalue weighted by Gasteiger charge is -2.08. The minimum Gasteiger partial charge on any atom is -0.427 e. The molecule has 4 heteroatoms. The van der Waals surface area contributed by atoms with Crippen molar-refractivity contribution in [1.29, 1.82) is 0 Å². The number of hydrogen-bond acceptors (Lipinski definition) is 4. The average molecular weight is 411 g/mol. The third kappa shape index (κ3) is 8.81. The van der Waals surface area contributed by atoms with Gasteiger partial charge in [-0.1, -0.05) is 76.6 Å². The van der Waals surface area contributed by atoms with Gasteiger partial charge in [0.05, 0.1) is 0 Å². The van der Waals surface area contributed by atoms with Gasteiger partial charge in [-0.2, -0.15) is 0 Å². The van der Waals surface area contributed by atoms with Crippen molar-refractivity contribution in [3.05, 3.63) is 48.5 Å². The van der Waals surface area contributed by atoms with Gasteiger partial charge in [-0.25, -0.2) is 0 Å². The van der Waals surface area contributed by atoms with Crippen LogP contribution in [0.1, 0.15) is 78.1 Å². The second-order valence-electron chi connectivity index (χ2n) is 7.62. The predicted molar refractivity (Wildman–Crippen MR) is 121 cm³/mol. The second-order valence-corrected chi connectivity index (χ2v) is 7.62. The van der Waals surface area contributed by atoms with Crippen LogP contribution in [0.5, 0.6) is 11.5 Å². The van der Waals surface area contributed by atoms with Crippen molar-refractivity contribution in [3.63, 3.8) is 0 Å². The Morgan fingerprint density at radius 3 is 1.27 bits per heavy atom. The van der Waals surface area contributed by atoms with Gasteiger partial charge in [-0.3, -0.25) is 9.59 Å². The van der Waals surface area contributed by atoms with Gasteiger partial charge in [-0.15, -0.1) is 0 Å². The fourth-order valence-electron chi connectivity index (χ4n) is 3.19. The highest BCUT2D eigenvalue weighted by atomic mass is 16.5. The van der Waals surface area contributed by atoms with Crippen LogP contribution in [-0.2, 0) is 9.59 Å². The molecule has 0 amide bonds. The minimum atomic E-state index is -0.181. The van der Waals surface area contributed by atoms with Crippen molar-refractivity contribution in [2.45, 2.75) is 78.1 Å². The summed E-state index contributed by atoms with van der Waals surface area (Å²) in [4.78, 5) is 23.8. The van der Waals surface area contributed by atoms with Crippen molar-refractivity contribution in [1.82, 2.24) is 0 Å². The summed E-state index contributed by atoms with van der Waals surface area (Å²) in [5.41, 5.74) is 2.02. The lowest BCUT2D eigenvalue weighted by Crippen LogP contribution is -2.07. The van der Waals surface area contributed by atoms with Crippen LogP contribution in [0.3, 0.4) is 0 Å². The smallest absolute Gasteiger partial charge is 0.311 e. The Labute approximate surface area is 180 Å². The molecule has 0 aliphatic heterocycles. The summed E-state index contributed by atoms with van der Waals surface area (Å²) in [6.07, 6.45) is 9.40. The van der Waals surface area contributed by atoms with Gasteiger partial charge in [0.25, 0.3) is 0 Å². The molecule has 162 valence electrons. The second kappa shape index (κ2) is 13.6. The van der Waals surface area contributed by atoms with Crippen LogP contribution in [0.15, 0.2) is 48.5 Å². The summed E-state index contributed by atoms with van der Waals surface area (Å²) in [6.45, 7) is 4.30. The van der Waals surface area contributed by atoms with E-state index in [1.165, 1.54) is 0 Å².